The number of carbonyl (C=O) groups excluding carboxylic acids is 1. The number of pyridine rings is 1. The summed E-state index contributed by atoms with van der Waals surface area (Å²) < 4.78 is 6.41. The van der Waals surface area contributed by atoms with Crippen LogP contribution in [0.3, 0.4) is 0 Å². The second-order valence-electron chi connectivity index (χ2n) is 7.10. The molecule has 2 aliphatic rings. The molecule has 5 nitrogen and oxygen atoms in total. The van der Waals surface area contributed by atoms with Crippen LogP contribution in [0, 0.1) is 0 Å². The van der Waals surface area contributed by atoms with Crippen molar-refractivity contribution in [1.29, 1.82) is 0 Å². The van der Waals surface area contributed by atoms with Crippen molar-refractivity contribution in [1.82, 2.24) is 15.2 Å². The summed E-state index contributed by atoms with van der Waals surface area (Å²) in [5, 5.41) is 3.40. The van der Waals surface area contributed by atoms with Gasteiger partial charge in [-0.25, -0.2) is 0 Å². The second-order valence-corrected chi connectivity index (χ2v) is 7.10. The van der Waals surface area contributed by atoms with Gasteiger partial charge in [-0.15, -0.1) is 0 Å². The predicted octanol–water partition coefficient (Wildman–Crippen LogP) is 2.73. The van der Waals surface area contributed by atoms with E-state index in [-0.39, 0.29) is 11.5 Å². The second kappa shape index (κ2) is 6.57. The molecule has 0 bridgehead atoms. The first-order valence-electron chi connectivity index (χ1n) is 8.98. The topological polar surface area (TPSA) is 54.5 Å². The quantitative estimate of drug-likeness (QED) is 0.906. The van der Waals surface area contributed by atoms with Crippen molar-refractivity contribution in [3.05, 3.63) is 65.5 Å². The van der Waals surface area contributed by atoms with Crippen LogP contribution in [0.15, 0.2) is 48.7 Å². The van der Waals surface area contributed by atoms with E-state index in [0.717, 1.165) is 48.4 Å². The van der Waals surface area contributed by atoms with Crippen molar-refractivity contribution in [2.75, 3.05) is 27.2 Å². The van der Waals surface area contributed by atoms with E-state index in [1.165, 1.54) is 4.90 Å². The number of hydrogen-bond acceptors (Lipinski definition) is 4. The van der Waals surface area contributed by atoms with Gasteiger partial charge in [-0.3, -0.25) is 9.78 Å². The number of benzene rings is 1. The molecule has 1 spiro atoms. The highest BCUT2D eigenvalue weighted by Gasteiger charge is 2.37. The maximum absolute atomic E-state index is 12.1. The lowest BCUT2D eigenvalue weighted by Gasteiger charge is -2.40. The summed E-state index contributed by atoms with van der Waals surface area (Å²) in [5.74, 6) is 0.827. The largest absolute Gasteiger partial charge is 0.482 e. The first-order chi connectivity index (χ1) is 12.6. The fourth-order valence-electron chi connectivity index (χ4n) is 3.61. The SMILES string of the molecule is CN(C)C(=O)c1ccc(C2=CC3(CCNCC3)Oc3ccccc32)cn1. The molecule has 0 aliphatic carbocycles. The van der Waals surface area contributed by atoms with E-state index in [1.807, 2.05) is 24.3 Å². The van der Waals surface area contributed by atoms with Crippen LogP contribution in [0.25, 0.3) is 5.57 Å². The molecule has 4 rings (SSSR count). The maximum Gasteiger partial charge on any atom is 0.271 e. The number of aromatic nitrogens is 1. The third-order valence-corrected chi connectivity index (χ3v) is 5.05. The van der Waals surface area contributed by atoms with Crippen molar-refractivity contribution < 1.29 is 9.53 Å². The van der Waals surface area contributed by atoms with Crippen molar-refractivity contribution in [2.24, 2.45) is 0 Å². The Kier molecular flexibility index (Phi) is 4.24. The van der Waals surface area contributed by atoms with E-state index >= 15 is 0 Å². The molecule has 3 heterocycles. The maximum atomic E-state index is 12.1. The van der Waals surface area contributed by atoms with Crippen LogP contribution in [0.5, 0.6) is 5.75 Å². The first-order valence-corrected chi connectivity index (χ1v) is 8.98. The minimum atomic E-state index is -0.271. The average Bonchev–Trinajstić information content (AvgIpc) is 2.67. The van der Waals surface area contributed by atoms with Crippen molar-refractivity contribution >= 4 is 11.5 Å². The average molecular weight is 349 g/mol. The summed E-state index contributed by atoms with van der Waals surface area (Å²) in [6.45, 7) is 1.89. The molecule has 0 atom stereocenters. The molecule has 26 heavy (non-hydrogen) atoms. The van der Waals surface area contributed by atoms with Gasteiger partial charge in [0.25, 0.3) is 5.91 Å². The van der Waals surface area contributed by atoms with Crippen LogP contribution < -0.4 is 10.1 Å². The van der Waals surface area contributed by atoms with Gasteiger partial charge in [0, 0.05) is 44.3 Å². The van der Waals surface area contributed by atoms with Crippen molar-refractivity contribution in [2.45, 2.75) is 18.4 Å². The Balaban J connectivity index is 1.76. The van der Waals surface area contributed by atoms with Crippen LogP contribution in [0.2, 0.25) is 0 Å². The zero-order valence-electron chi connectivity index (χ0n) is 15.2. The summed E-state index contributed by atoms with van der Waals surface area (Å²) >= 11 is 0. The summed E-state index contributed by atoms with van der Waals surface area (Å²) in [6, 6.07) is 11.9. The van der Waals surface area contributed by atoms with Crippen LogP contribution >= 0.6 is 0 Å². The van der Waals surface area contributed by atoms with Gasteiger partial charge in [-0.2, -0.15) is 0 Å². The van der Waals surface area contributed by atoms with E-state index in [9.17, 15) is 4.79 Å². The number of piperidine rings is 1. The van der Waals surface area contributed by atoms with Gasteiger partial charge >= 0.3 is 0 Å². The number of hydrogen-bond donors (Lipinski definition) is 1. The summed E-state index contributed by atoms with van der Waals surface area (Å²) in [7, 11) is 3.46. The van der Waals surface area contributed by atoms with Gasteiger partial charge in [-0.1, -0.05) is 24.3 Å². The van der Waals surface area contributed by atoms with E-state index in [0.29, 0.717) is 5.69 Å². The van der Waals surface area contributed by atoms with Crippen LogP contribution in [-0.4, -0.2) is 48.6 Å². The molecule has 0 radical (unpaired) electrons. The van der Waals surface area contributed by atoms with Gasteiger partial charge in [-0.05, 0) is 36.9 Å². The Morgan fingerprint density at radius 1 is 1.15 bits per heavy atom. The number of carbonyl (C=O) groups is 1. The van der Waals surface area contributed by atoms with Crippen LogP contribution in [-0.2, 0) is 0 Å². The minimum Gasteiger partial charge on any atom is -0.482 e. The van der Waals surface area contributed by atoms with Gasteiger partial charge in [0.15, 0.2) is 0 Å². The highest BCUT2D eigenvalue weighted by molar-refractivity contribution is 5.92. The normalized spacial score (nSPS) is 17.8. The Hall–Kier alpha value is -2.66. The van der Waals surface area contributed by atoms with E-state index in [4.69, 9.17) is 4.74 Å². The van der Waals surface area contributed by atoms with E-state index < -0.39 is 0 Å². The lowest BCUT2D eigenvalue weighted by molar-refractivity contribution is 0.0813. The monoisotopic (exact) mass is 349 g/mol. The molecule has 2 aromatic rings. The Bertz CT molecular complexity index is 850. The molecule has 1 fully saturated rings. The first kappa shape index (κ1) is 16.8. The van der Waals surface area contributed by atoms with Crippen LogP contribution in [0.4, 0.5) is 0 Å². The molecule has 0 saturated carbocycles. The molecule has 1 aromatic carbocycles. The van der Waals surface area contributed by atoms with Gasteiger partial charge in [0.05, 0.1) is 0 Å². The zero-order valence-corrected chi connectivity index (χ0v) is 15.2. The number of nitrogens with one attached hydrogen (secondary N) is 1. The van der Waals surface area contributed by atoms with Gasteiger partial charge < -0.3 is 15.0 Å². The summed E-state index contributed by atoms with van der Waals surface area (Å²) in [5.41, 5.74) is 3.40. The number of fused-ring (bicyclic) bond motifs is 1. The fourth-order valence-corrected chi connectivity index (χ4v) is 3.61. The van der Waals surface area contributed by atoms with Gasteiger partial charge in [0.1, 0.15) is 17.0 Å². The smallest absolute Gasteiger partial charge is 0.271 e. The summed E-state index contributed by atoms with van der Waals surface area (Å²) in [4.78, 5) is 18.0. The number of rotatable bonds is 2. The summed E-state index contributed by atoms with van der Waals surface area (Å²) in [6.07, 6.45) is 5.92. The van der Waals surface area contributed by atoms with Crippen LogP contribution in [0.1, 0.15) is 34.5 Å². The number of ether oxygens (including phenoxy) is 1. The zero-order chi connectivity index (χ0) is 18.1. The molecule has 1 amide bonds. The van der Waals surface area contributed by atoms with Crippen molar-refractivity contribution in [3.63, 3.8) is 0 Å². The van der Waals surface area contributed by atoms with E-state index in [1.54, 1.807) is 26.4 Å². The molecular formula is C21H23N3O2. The van der Waals surface area contributed by atoms with E-state index in [2.05, 4.69) is 22.4 Å². The Morgan fingerprint density at radius 2 is 1.92 bits per heavy atom. The molecule has 2 aliphatic heterocycles. The lowest BCUT2D eigenvalue weighted by atomic mass is 9.83. The van der Waals surface area contributed by atoms with Gasteiger partial charge in [0.2, 0.25) is 0 Å². The number of para-hydroxylation sites is 1. The molecule has 1 N–H and O–H groups in total. The highest BCUT2D eigenvalue weighted by atomic mass is 16.5. The minimum absolute atomic E-state index is 0.0901. The predicted molar refractivity (Wildman–Crippen MR) is 101 cm³/mol. The standard InChI is InChI=1S/C21H23N3O2/c1-24(2)20(25)18-8-7-15(14-23-18)17-13-21(9-11-22-12-10-21)26-19-6-4-3-5-16(17)19/h3-8,13-14,22H,9-12H2,1-2H3. The Labute approximate surface area is 153 Å². The molecular weight excluding hydrogens is 326 g/mol. The lowest BCUT2D eigenvalue weighted by Crippen LogP contribution is -2.46. The molecule has 1 saturated heterocycles. The molecule has 5 heteroatoms. The molecule has 1 aromatic heterocycles. The third-order valence-electron chi connectivity index (χ3n) is 5.05. The number of amides is 1. The Morgan fingerprint density at radius 3 is 2.62 bits per heavy atom. The highest BCUT2D eigenvalue weighted by Crippen LogP contribution is 2.42. The third kappa shape index (κ3) is 2.99. The molecule has 134 valence electrons. The fraction of sp³-hybridized carbons (Fsp3) is 0.333. The molecule has 0 unspecified atom stereocenters. The number of nitrogens with zero attached hydrogens (tertiary/aromatic N) is 2. The van der Waals surface area contributed by atoms with Crippen molar-refractivity contribution in [3.8, 4) is 5.75 Å².